The highest BCUT2D eigenvalue weighted by molar-refractivity contribution is 6.04. The van der Waals surface area contributed by atoms with Gasteiger partial charge < -0.3 is 5.21 Å². The molecular formula is C16H11N3O. The normalized spacial score (nSPS) is 10.7. The molecule has 0 heterocycles. The van der Waals surface area contributed by atoms with Crippen LogP contribution in [0.15, 0.2) is 47.6 Å². The van der Waals surface area contributed by atoms with Crippen LogP contribution in [-0.4, -0.2) is 10.9 Å². The standard InChI is InChI=1S/C16H11N3O/c1-11(19-20)14-4-2-3-5-15(14)16-8-12(9-17)6-7-13(16)10-18/h2-8,20H,1H3. The molecule has 2 aromatic rings. The van der Waals surface area contributed by atoms with Gasteiger partial charge in [0.15, 0.2) is 0 Å². The quantitative estimate of drug-likeness (QED) is 0.511. The first kappa shape index (κ1) is 13.3. The molecule has 0 atom stereocenters. The molecule has 0 saturated heterocycles. The third-order valence-electron chi connectivity index (χ3n) is 3.03. The SMILES string of the molecule is CC(=NO)c1ccccc1-c1cc(C#N)ccc1C#N. The third-order valence-corrected chi connectivity index (χ3v) is 3.03. The molecule has 2 aromatic carbocycles. The van der Waals surface area contributed by atoms with Crippen LogP contribution in [0.5, 0.6) is 0 Å². The molecule has 0 spiro atoms. The van der Waals surface area contributed by atoms with Crippen LogP contribution in [0.2, 0.25) is 0 Å². The van der Waals surface area contributed by atoms with Crippen molar-refractivity contribution in [1.29, 1.82) is 10.5 Å². The van der Waals surface area contributed by atoms with Crippen LogP contribution >= 0.6 is 0 Å². The highest BCUT2D eigenvalue weighted by Gasteiger charge is 2.12. The van der Waals surface area contributed by atoms with Crippen molar-refractivity contribution in [3.05, 3.63) is 59.2 Å². The van der Waals surface area contributed by atoms with Crippen molar-refractivity contribution in [3.63, 3.8) is 0 Å². The molecule has 0 fully saturated rings. The highest BCUT2D eigenvalue weighted by Crippen LogP contribution is 2.28. The molecular weight excluding hydrogens is 250 g/mol. The summed E-state index contributed by atoms with van der Waals surface area (Å²) in [5.74, 6) is 0. The zero-order valence-electron chi connectivity index (χ0n) is 10.8. The van der Waals surface area contributed by atoms with Gasteiger partial charge in [-0.1, -0.05) is 29.4 Å². The molecule has 0 aromatic heterocycles. The number of nitriles is 2. The van der Waals surface area contributed by atoms with Crippen molar-refractivity contribution < 1.29 is 5.21 Å². The average Bonchev–Trinajstić information content (AvgIpc) is 2.53. The second-order valence-electron chi connectivity index (χ2n) is 4.21. The predicted octanol–water partition coefficient (Wildman–Crippen LogP) is 3.30. The van der Waals surface area contributed by atoms with E-state index in [0.29, 0.717) is 22.4 Å². The minimum absolute atomic E-state index is 0.451. The fourth-order valence-electron chi connectivity index (χ4n) is 2.02. The van der Waals surface area contributed by atoms with Crippen LogP contribution in [-0.2, 0) is 0 Å². The average molecular weight is 261 g/mol. The Hall–Kier alpha value is -3.11. The van der Waals surface area contributed by atoms with Crippen molar-refractivity contribution in [1.82, 2.24) is 0 Å². The first-order chi connectivity index (χ1) is 9.71. The maximum absolute atomic E-state index is 9.22. The Kier molecular flexibility index (Phi) is 3.79. The summed E-state index contributed by atoms with van der Waals surface area (Å²) < 4.78 is 0. The van der Waals surface area contributed by atoms with Crippen molar-refractivity contribution in [2.45, 2.75) is 6.92 Å². The maximum atomic E-state index is 9.22. The zero-order valence-corrected chi connectivity index (χ0v) is 10.8. The Balaban J connectivity index is 2.76. The molecule has 0 radical (unpaired) electrons. The molecule has 0 aliphatic heterocycles. The summed E-state index contributed by atoms with van der Waals surface area (Å²) in [4.78, 5) is 0. The number of oxime groups is 1. The molecule has 0 aliphatic rings. The Morgan fingerprint density at radius 2 is 1.80 bits per heavy atom. The molecule has 0 amide bonds. The first-order valence-electron chi connectivity index (χ1n) is 5.94. The molecule has 0 saturated carbocycles. The van der Waals surface area contributed by atoms with E-state index in [4.69, 9.17) is 10.5 Å². The monoisotopic (exact) mass is 261 g/mol. The van der Waals surface area contributed by atoms with Crippen LogP contribution in [0.1, 0.15) is 23.6 Å². The van der Waals surface area contributed by atoms with Gasteiger partial charge >= 0.3 is 0 Å². The van der Waals surface area contributed by atoms with Gasteiger partial charge in [0.1, 0.15) is 0 Å². The topological polar surface area (TPSA) is 80.2 Å². The van der Waals surface area contributed by atoms with Crippen molar-refractivity contribution in [3.8, 4) is 23.3 Å². The number of nitrogens with zero attached hydrogens (tertiary/aromatic N) is 3. The predicted molar refractivity (Wildman–Crippen MR) is 75.3 cm³/mol. The van der Waals surface area contributed by atoms with E-state index in [2.05, 4.69) is 17.3 Å². The fraction of sp³-hybridized carbons (Fsp3) is 0.0625. The number of hydrogen-bond donors (Lipinski definition) is 1. The number of benzene rings is 2. The van der Waals surface area contributed by atoms with Crippen molar-refractivity contribution >= 4 is 5.71 Å². The molecule has 4 nitrogen and oxygen atoms in total. The van der Waals surface area contributed by atoms with Gasteiger partial charge in [0.25, 0.3) is 0 Å². The lowest BCUT2D eigenvalue weighted by Crippen LogP contribution is -1.99. The van der Waals surface area contributed by atoms with Gasteiger partial charge in [-0.2, -0.15) is 10.5 Å². The largest absolute Gasteiger partial charge is 0.411 e. The van der Waals surface area contributed by atoms with Crippen LogP contribution in [0.25, 0.3) is 11.1 Å². The highest BCUT2D eigenvalue weighted by atomic mass is 16.4. The van der Waals surface area contributed by atoms with Crippen LogP contribution < -0.4 is 0 Å². The summed E-state index contributed by atoms with van der Waals surface area (Å²) in [7, 11) is 0. The summed E-state index contributed by atoms with van der Waals surface area (Å²) in [6.07, 6.45) is 0. The smallest absolute Gasteiger partial charge is 0.0998 e. The Morgan fingerprint density at radius 1 is 1.05 bits per heavy atom. The lowest BCUT2D eigenvalue weighted by molar-refractivity contribution is 0.319. The van der Waals surface area contributed by atoms with E-state index in [1.165, 1.54) is 0 Å². The summed E-state index contributed by atoms with van der Waals surface area (Å²) in [5, 5.41) is 30.4. The summed E-state index contributed by atoms with van der Waals surface area (Å²) in [6, 6.07) is 16.4. The second kappa shape index (κ2) is 5.69. The van der Waals surface area contributed by atoms with Gasteiger partial charge in [0.2, 0.25) is 0 Å². The van der Waals surface area contributed by atoms with E-state index in [-0.39, 0.29) is 0 Å². The van der Waals surface area contributed by atoms with E-state index in [9.17, 15) is 5.26 Å². The zero-order chi connectivity index (χ0) is 14.5. The minimum Gasteiger partial charge on any atom is -0.411 e. The Morgan fingerprint density at radius 3 is 2.45 bits per heavy atom. The summed E-state index contributed by atoms with van der Waals surface area (Å²) in [6.45, 7) is 1.68. The second-order valence-corrected chi connectivity index (χ2v) is 4.21. The molecule has 0 aliphatic carbocycles. The molecule has 4 heteroatoms. The number of rotatable bonds is 2. The van der Waals surface area contributed by atoms with E-state index in [0.717, 1.165) is 11.1 Å². The molecule has 0 bridgehead atoms. The summed E-state index contributed by atoms with van der Waals surface area (Å²) in [5.41, 5.74) is 3.55. The van der Waals surface area contributed by atoms with Crippen LogP contribution in [0.4, 0.5) is 0 Å². The van der Waals surface area contributed by atoms with E-state index < -0.39 is 0 Å². The van der Waals surface area contributed by atoms with E-state index in [1.54, 1.807) is 25.1 Å². The first-order valence-corrected chi connectivity index (χ1v) is 5.94. The lowest BCUT2D eigenvalue weighted by atomic mass is 9.93. The third kappa shape index (κ3) is 2.36. The fourth-order valence-corrected chi connectivity index (χ4v) is 2.02. The van der Waals surface area contributed by atoms with Crippen LogP contribution in [0, 0.1) is 22.7 Å². The van der Waals surface area contributed by atoms with Crippen molar-refractivity contribution in [2.24, 2.45) is 5.16 Å². The van der Waals surface area contributed by atoms with Crippen molar-refractivity contribution in [2.75, 3.05) is 0 Å². The van der Waals surface area contributed by atoms with Gasteiger partial charge in [-0.15, -0.1) is 0 Å². The van der Waals surface area contributed by atoms with Gasteiger partial charge in [0, 0.05) is 11.1 Å². The molecule has 20 heavy (non-hydrogen) atoms. The van der Waals surface area contributed by atoms with E-state index >= 15 is 0 Å². The van der Waals surface area contributed by atoms with E-state index in [1.807, 2.05) is 24.3 Å². The molecule has 2 rings (SSSR count). The Labute approximate surface area is 116 Å². The van der Waals surface area contributed by atoms with Gasteiger partial charge in [-0.3, -0.25) is 0 Å². The summed E-state index contributed by atoms with van der Waals surface area (Å²) >= 11 is 0. The Bertz CT molecular complexity index is 764. The minimum atomic E-state index is 0.451. The van der Waals surface area contributed by atoms with Gasteiger partial charge in [-0.25, -0.2) is 0 Å². The van der Waals surface area contributed by atoms with Gasteiger partial charge in [-0.05, 0) is 30.7 Å². The molecule has 96 valence electrons. The maximum Gasteiger partial charge on any atom is 0.0998 e. The molecule has 0 unspecified atom stereocenters. The number of hydrogen-bond acceptors (Lipinski definition) is 4. The van der Waals surface area contributed by atoms with Gasteiger partial charge in [0.05, 0.1) is 29.0 Å². The lowest BCUT2D eigenvalue weighted by Gasteiger charge is -2.10. The van der Waals surface area contributed by atoms with Crippen LogP contribution in [0.3, 0.4) is 0 Å². The molecule has 1 N–H and O–H groups in total.